The Hall–Kier alpha value is -11.5. The average molecular weight is 1550 g/mol. The number of H-pyrrole nitrogens is 4. The molecule has 0 bridgehead atoms. The second-order valence-corrected chi connectivity index (χ2v) is 31.0. The summed E-state index contributed by atoms with van der Waals surface area (Å²) in [7, 11) is 6.50. The van der Waals surface area contributed by atoms with Crippen molar-refractivity contribution in [3.63, 3.8) is 0 Å². The zero-order valence-electron chi connectivity index (χ0n) is 65.3. The summed E-state index contributed by atoms with van der Waals surface area (Å²) in [5.41, 5.74) is 17.8. The highest BCUT2D eigenvalue weighted by Crippen LogP contribution is 2.51. The molecule has 594 valence electrons. The number of carbonyl (C=O) groups excluding carboxylic acids is 5. The van der Waals surface area contributed by atoms with Gasteiger partial charge in [-0.2, -0.15) is 7.11 Å². The number of aliphatic carboxylic acids is 2. The van der Waals surface area contributed by atoms with E-state index in [1.165, 1.54) is 106 Å². The lowest BCUT2D eigenvalue weighted by molar-refractivity contribution is -0.718. The standard InChI is InChI=1S/2C21H24N2O3.2C21H20N2O3.C4H4O4.CH3O/c4*1-12-16-10-23-8-7-14-13-5-3-4-6-18(13)22-20(14)19(23)9-15(16)17(11-26-12)21(24)25-2;5-3(6)1-2-4(7)8;1-2/h2*3-6,11-12,15-16,19,22H,7-10H2,1-2H3;2*3-8,11-12,15-16H,9-10H2,1-2H3;1-2H,(H,5,6)(H,7,8);1H3/q;;;;;-1/p+1/b;;;;2-1-;. The first-order chi connectivity index (χ1) is 55.3. The van der Waals surface area contributed by atoms with Crippen molar-refractivity contribution in [3.05, 3.63) is 215 Å². The second-order valence-electron chi connectivity index (χ2n) is 31.0. The molecule has 2 fully saturated rings. The Labute approximate surface area is 658 Å². The number of ether oxygens (including phenoxy) is 8. The summed E-state index contributed by atoms with van der Waals surface area (Å²) in [6, 6.07) is 38.9. The molecule has 0 amide bonds. The first-order valence-corrected chi connectivity index (χ1v) is 39.1. The highest BCUT2D eigenvalue weighted by Gasteiger charge is 2.51. The van der Waals surface area contributed by atoms with Gasteiger partial charge in [0.05, 0.1) is 118 Å². The van der Waals surface area contributed by atoms with Crippen molar-refractivity contribution in [2.45, 2.75) is 116 Å². The molecule has 25 heteroatoms. The summed E-state index contributed by atoms with van der Waals surface area (Å²) in [5, 5.41) is 33.1. The highest BCUT2D eigenvalue weighted by atomic mass is 16.5. The Bertz CT molecular complexity index is 5210. The second kappa shape index (κ2) is 32.9. The molecular weight excluding hydrogens is 1450 g/mol. The van der Waals surface area contributed by atoms with Crippen LogP contribution in [-0.4, -0.2) is 157 Å². The fourth-order valence-corrected chi connectivity index (χ4v) is 19.7. The number of para-hydroxylation sites is 4. The van der Waals surface area contributed by atoms with Crippen molar-refractivity contribution in [2.24, 2.45) is 47.3 Å². The number of rotatable bonds is 6. The molecule has 0 saturated carbocycles. The summed E-state index contributed by atoms with van der Waals surface area (Å²) in [4.78, 5) is 87.7. The molecule has 25 nitrogen and oxygen atoms in total. The van der Waals surface area contributed by atoms with Crippen LogP contribution in [0, 0.1) is 47.3 Å². The normalized spacial score (nSPS) is 25.9. The molecule has 4 aromatic carbocycles. The molecule has 14 atom stereocenters. The fraction of sp³-hybridized carbons (Fsp3) is 0.393. The summed E-state index contributed by atoms with van der Waals surface area (Å²) >= 11 is 0. The molecule has 20 rings (SSSR count). The van der Waals surface area contributed by atoms with Crippen molar-refractivity contribution in [3.8, 4) is 0 Å². The zero-order valence-corrected chi connectivity index (χ0v) is 65.3. The molecule has 0 radical (unpaired) electrons. The highest BCUT2D eigenvalue weighted by molar-refractivity contribution is 6.08. The number of carbonyl (C=O) groups is 6. The van der Waals surface area contributed by atoms with Gasteiger partial charge in [0, 0.05) is 159 Å². The van der Waals surface area contributed by atoms with Crippen molar-refractivity contribution >= 4 is 101 Å². The smallest absolute Gasteiger partial charge is 0.337 e. The Kier molecular flexibility index (Phi) is 22.4. The molecule has 10 aliphatic rings. The molecule has 6 aromatic heterocycles. The minimum atomic E-state index is -1.51. The van der Waals surface area contributed by atoms with Crippen LogP contribution in [0.3, 0.4) is 0 Å². The van der Waals surface area contributed by atoms with Gasteiger partial charge in [-0.15, -0.1) is 0 Å². The molecule has 5 N–H and O–H groups in total. The number of aromatic nitrogens is 6. The maximum Gasteiger partial charge on any atom is 0.337 e. The topological polar surface area (TPSA) is 320 Å². The molecule has 10 aromatic rings. The molecule has 2 saturated heterocycles. The number of methoxy groups -OCH3 is 4. The monoisotopic (exact) mass is 1550 g/mol. The maximum atomic E-state index is 12.3. The van der Waals surface area contributed by atoms with Crippen molar-refractivity contribution in [2.75, 3.05) is 61.7 Å². The minimum absolute atomic E-state index is 0.0764. The van der Waals surface area contributed by atoms with Gasteiger partial charge in [0.2, 0.25) is 11.4 Å². The predicted molar refractivity (Wildman–Crippen MR) is 419 cm³/mol. The van der Waals surface area contributed by atoms with Crippen LogP contribution in [0.1, 0.15) is 86.5 Å². The lowest BCUT2D eigenvalue weighted by Gasteiger charge is -2.49. The van der Waals surface area contributed by atoms with Gasteiger partial charge < -0.3 is 77.9 Å². The number of hydrogen-bond acceptors (Lipinski definition) is 18. The number of benzene rings is 4. The third kappa shape index (κ3) is 14.5. The Morgan fingerprint density at radius 3 is 1.12 bits per heavy atom. The van der Waals surface area contributed by atoms with Gasteiger partial charge in [-0.25, -0.2) is 33.1 Å². The third-order valence-electron chi connectivity index (χ3n) is 25.4. The van der Waals surface area contributed by atoms with Gasteiger partial charge in [0.15, 0.2) is 25.5 Å². The predicted octanol–water partition coefficient (Wildman–Crippen LogP) is 9.46. The van der Waals surface area contributed by atoms with Gasteiger partial charge in [0.1, 0.15) is 23.2 Å². The number of hydrogen-bond donors (Lipinski definition) is 5. The maximum absolute atomic E-state index is 12.3. The van der Waals surface area contributed by atoms with E-state index in [1.54, 1.807) is 25.0 Å². The first-order valence-electron chi connectivity index (χ1n) is 39.1. The number of nitrogens with one attached hydrogen (secondary N) is 4. The quantitative estimate of drug-likeness (QED) is 0.0448. The third-order valence-corrected chi connectivity index (χ3v) is 25.4. The van der Waals surface area contributed by atoms with Crippen molar-refractivity contribution < 1.29 is 91.1 Å². The summed E-state index contributed by atoms with van der Waals surface area (Å²) < 4.78 is 47.7. The van der Waals surface area contributed by atoms with E-state index in [4.69, 9.17) is 48.1 Å². The van der Waals surface area contributed by atoms with E-state index < -0.39 is 11.9 Å². The molecular formula is C89H96N8O17. The molecule has 16 heterocycles. The largest absolute Gasteiger partial charge is 0.857 e. The van der Waals surface area contributed by atoms with Crippen LogP contribution in [0.15, 0.2) is 181 Å². The lowest BCUT2D eigenvalue weighted by Crippen LogP contribution is -2.53. The van der Waals surface area contributed by atoms with Gasteiger partial charge >= 0.3 is 29.8 Å². The van der Waals surface area contributed by atoms with E-state index in [9.17, 15) is 33.9 Å². The minimum Gasteiger partial charge on any atom is -0.857 e. The van der Waals surface area contributed by atoms with Crippen LogP contribution in [0.2, 0.25) is 0 Å². The van der Waals surface area contributed by atoms with Crippen LogP contribution in [0.5, 0.6) is 0 Å². The molecule has 114 heavy (non-hydrogen) atoms. The van der Waals surface area contributed by atoms with Crippen LogP contribution in [0.25, 0.3) is 65.4 Å². The molecule has 0 aliphatic carbocycles. The number of piperidine rings is 2. The van der Waals surface area contributed by atoms with Gasteiger partial charge in [-0.3, -0.25) is 9.80 Å². The van der Waals surface area contributed by atoms with Crippen LogP contribution >= 0.6 is 0 Å². The van der Waals surface area contributed by atoms with E-state index in [-0.39, 0.29) is 83.8 Å². The molecule has 14 unspecified atom stereocenters. The molecule has 10 aliphatic heterocycles. The van der Waals surface area contributed by atoms with Crippen LogP contribution in [0.4, 0.5) is 0 Å². The summed E-state index contributed by atoms with van der Waals surface area (Å²) in [5.74, 6) is -2.12. The molecule has 0 spiro atoms. The summed E-state index contributed by atoms with van der Waals surface area (Å²) in [6.45, 7) is 14.1. The zero-order chi connectivity index (χ0) is 79.9. The van der Waals surface area contributed by atoms with Crippen molar-refractivity contribution in [1.29, 1.82) is 0 Å². The van der Waals surface area contributed by atoms with Gasteiger partial charge in [-0.1, -0.05) is 72.8 Å². The van der Waals surface area contributed by atoms with E-state index in [0.717, 1.165) is 107 Å². The van der Waals surface area contributed by atoms with Crippen LogP contribution < -0.4 is 19.3 Å². The van der Waals surface area contributed by atoms with E-state index in [0.29, 0.717) is 58.4 Å². The Morgan fingerprint density at radius 1 is 0.447 bits per heavy atom. The van der Waals surface area contributed by atoms with Crippen LogP contribution in [-0.2, 0) is 105 Å². The van der Waals surface area contributed by atoms with E-state index in [2.05, 4.69) is 176 Å². The number of aromatic amines is 4. The summed E-state index contributed by atoms with van der Waals surface area (Å²) in [6.07, 6.45) is 17.8. The van der Waals surface area contributed by atoms with Crippen molar-refractivity contribution in [1.82, 2.24) is 29.7 Å². The van der Waals surface area contributed by atoms with Gasteiger partial charge in [0.25, 0.3) is 0 Å². The Balaban J connectivity index is 0.000000115. The number of pyridine rings is 2. The lowest BCUT2D eigenvalue weighted by atomic mass is 9.72. The number of fused-ring (bicyclic) bond motifs is 24. The first kappa shape index (κ1) is 77.8. The number of esters is 4. The SMILES string of the molecule is COC(=O)C1=COC(C)C2CN3CCc4c([nH]c5ccccc45)C3CC12.COC(=O)C1=COC(C)C2CN3CCc4c([nH]c5ccccc45)C3CC12.COC(=O)C1=COC(C)C2C[n+]3ccc4c([nH]c5ccccc54)c3CC12.COC(=O)C1=COC(C)C2C[n+]3ccc4c([nH]c5ccccc54)c3CC12.C[O-].O=C([O-])/C=C\C(=O)O. The van der Waals surface area contributed by atoms with Gasteiger partial charge in [-0.05, 0) is 94.8 Å². The fourth-order valence-electron chi connectivity index (χ4n) is 19.7. The average Bonchev–Trinajstić information content (AvgIpc) is 1.50. The van der Waals surface area contributed by atoms with E-state index >= 15 is 0 Å². The number of carboxylic acid groups (broad SMARTS) is 2. The number of carboxylic acids is 2. The van der Waals surface area contributed by atoms with E-state index in [1.807, 2.05) is 12.1 Å². The Morgan fingerprint density at radius 2 is 0.781 bits per heavy atom. The number of nitrogens with zero attached hydrogens (tertiary/aromatic N) is 4.